The minimum Gasteiger partial charge on any atom is -0.454 e. The number of rotatable bonds is 6. The summed E-state index contributed by atoms with van der Waals surface area (Å²) in [6, 6.07) is 11.0. The minimum absolute atomic E-state index is 0.0469. The fraction of sp³-hybridized carbons (Fsp3) is 0.391. The predicted octanol–water partition coefficient (Wildman–Crippen LogP) is 4.69. The van der Waals surface area contributed by atoms with Gasteiger partial charge >= 0.3 is 0 Å². The number of furan rings is 1. The van der Waals surface area contributed by atoms with E-state index in [4.69, 9.17) is 16.0 Å². The van der Waals surface area contributed by atoms with E-state index in [9.17, 15) is 13.2 Å². The second kappa shape index (κ2) is 6.46. The Morgan fingerprint density at radius 2 is 1.81 bits per heavy atom. The van der Waals surface area contributed by atoms with E-state index >= 15 is 0 Å². The maximum Gasteiger partial charge on any atom is 0.287 e. The number of halogens is 1. The number of nitrogens with one attached hydrogen (secondary N) is 1. The molecule has 4 aliphatic carbocycles. The molecule has 0 unspecified atom stereocenters. The Kier molecular flexibility index (Phi) is 4.13. The van der Waals surface area contributed by atoms with Crippen LogP contribution >= 0.6 is 22.9 Å². The highest BCUT2D eigenvalue weighted by atomic mass is 35.5. The topological polar surface area (TPSA) is 89.3 Å². The molecule has 0 atom stereocenters. The number of aromatic nitrogens is 1. The summed E-state index contributed by atoms with van der Waals surface area (Å²) in [7, 11) is -3.27. The summed E-state index contributed by atoms with van der Waals surface area (Å²) in [6.07, 6.45) is 6.80. The number of carbonyl (C=O) groups is 1. The molecule has 2 heterocycles. The number of thiazole rings is 1. The van der Waals surface area contributed by atoms with Gasteiger partial charge in [0.05, 0.1) is 9.88 Å². The number of carbonyl (C=O) groups excluding carboxylic acids is 1. The summed E-state index contributed by atoms with van der Waals surface area (Å²) >= 11 is 7.68. The first-order chi connectivity index (χ1) is 15.1. The molecule has 4 saturated carbocycles. The van der Waals surface area contributed by atoms with Crippen LogP contribution in [0, 0.1) is 0 Å². The Morgan fingerprint density at radius 1 is 1.12 bits per heavy atom. The van der Waals surface area contributed by atoms with Gasteiger partial charge < -0.3 is 9.73 Å². The Labute approximate surface area is 194 Å². The molecular formula is C23H21ClN2O4S2. The number of amides is 1. The van der Waals surface area contributed by atoms with Gasteiger partial charge in [-0.1, -0.05) is 23.7 Å². The first-order valence-corrected chi connectivity index (χ1v) is 13.6. The lowest BCUT2D eigenvalue weighted by atomic mass is 9.39. The van der Waals surface area contributed by atoms with E-state index in [1.807, 2.05) is 30.5 Å². The Morgan fingerprint density at radius 3 is 2.44 bits per heavy atom. The van der Waals surface area contributed by atoms with Crippen LogP contribution < -0.4 is 5.32 Å². The molecule has 1 N–H and O–H groups in total. The van der Waals surface area contributed by atoms with Crippen molar-refractivity contribution in [1.82, 2.24) is 10.3 Å². The maximum atomic E-state index is 12.8. The Bertz CT molecular complexity index is 1330. The zero-order valence-electron chi connectivity index (χ0n) is 17.4. The van der Waals surface area contributed by atoms with E-state index in [-0.39, 0.29) is 22.6 Å². The zero-order valence-corrected chi connectivity index (χ0v) is 19.7. The van der Waals surface area contributed by atoms with Crippen LogP contribution in [0.1, 0.15) is 53.4 Å². The van der Waals surface area contributed by atoms with Crippen LogP contribution in [0.15, 0.2) is 47.0 Å². The predicted molar refractivity (Wildman–Crippen MR) is 123 cm³/mol. The summed E-state index contributed by atoms with van der Waals surface area (Å²) in [5, 5.41) is 4.94. The van der Waals surface area contributed by atoms with E-state index in [0.717, 1.165) is 34.7 Å². The SMILES string of the molecule is CS(=O)(=O)C1(c2ccc(C(=O)NC34CC(c5ncc(-c6ccc(Cl)cc6)s5)(C3)C4)o2)CC1. The van der Waals surface area contributed by atoms with Crippen molar-refractivity contribution in [2.24, 2.45) is 0 Å². The van der Waals surface area contributed by atoms with Gasteiger partial charge in [0.1, 0.15) is 10.5 Å². The molecule has 0 saturated heterocycles. The molecule has 0 aliphatic heterocycles. The second-order valence-electron chi connectivity index (χ2n) is 9.51. The van der Waals surface area contributed by atoms with Crippen molar-refractivity contribution in [2.45, 2.75) is 47.8 Å². The molecule has 7 rings (SSSR count). The number of hydrogen-bond acceptors (Lipinski definition) is 6. The van der Waals surface area contributed by atoms with Crippen molar-refractivity contribution in [3.63, 3.8) is 0 Å². The van der Waals surface area contributed by atoms with Crippen molar-refractivity contribution < 1.29 is 17.6 Å². The monoisotopic (exact) mass is 488 g/mol. The van der Waals surface area contributed by atoms with E-state index in [0.29, 0.717) is 23.6 Å². The van der Waals surface area contributed by atoms with Gasteiger partial charge in [-0.2, -0.15) is 0 Å². The van der Waals surface area contributed by atoms with Gasteiger partial charge in [0.2, 0.25) is 0 Å². The van der Waals surface area contributed by atoms with Gasteiger partial charge in [-0.15, -0.1) is 11.3 Å². The molecule has 32 heavy (non-hydrogen) atoms. The summed E-state index contributed by atoms with van der Waals surface area (Å²) < 4.78 is 28.9. The summed E-state index contributed by atoms with van der Waals surface area (Å²) in [4.78, 5) is 18.6. The lowest BCUT2D eigenvalue weighted by molar-refractivity contribution is -0.0812. The Balaban J connectivity index is 1.12. The van der Waals surface area contributed by atoms with Crippen molar-refractivity contribution in [3.05, 3.63) is 64.1 Å². The van der Waals surface area contributed by atoms with Crippen LogP contribution in [0.4, 0.5) is 0 Å². The van der Waals surface area contributed by atoms with Crippen LogP contribution in [0.25, 0.3) is 10.4 Å². The van der Waals surface area contributed by atoms with Crippen LogP contribution in [0.5, 0.6) is 0 Å². The van der Waals surface area contributed by atoms with Crippen molar-refractivity contribution in [3.8, 4) is 10.4 Å². The lowest BCUT2D eigenvalue weighted by Crippen LogP contribution is -2.76. The smallest absolute Gasteiger partial charge is 0.287 e. The quantitative estimate of drug-likeness (QED) is 0.543. The Hall–Kier alpha value is -2.16. The van der Waals surface area contributed by atoms with Gasteiger partial charge in [-0.05, 0) is 61.9 Å². The van der Waals surface area contributed by atoms with E-state index in [2.05, 4.69) is 10.3 Å². The number of hydrogen-bond donors (Lipinski definition) is 1. The third kappa shape index (κ3) is 2.92. The molecule has 0 spiro atoms. The zero-order chi connectivity index (χ0) is 22.4. The third-order valence-electron chi connectivity index (χ3n) is 7.19. The third-order valence-corrected chi connectivity index (χ3v) is 10.8. The number of sulfone groups is 1. The van der Waals surface area contributed by atoms with Crippen LogP contribution in [0.3, 0.4) is 0 Å². The molecule has 6 nitrogen and oxygen atoms in total. The average Bonchev–Trinajstić information content (AvgIpc) is 3.14. The number of benzene rings is 1. The fourth-order valence-corrected chi connectivity index (χ4v) is 7.89. The lowest BCUT2D eigenvalue weighted by Gasteiger charge is -2.69. The average molecular weight is 489 g/mol. The van der Waals surface area contributed by atoms with Crippen LogP contribution in [0.2, 0.25) is 5.02 Å². The first kappa shape index (κ1) is 20.4. The summed E-state index contributed by atoms with van der Waals surface area (Å²) in [6.45, 7) is 0. The fourth-order valence-electron chi connectivity index (χ4n) is 5.33. The van der Waals surface area contributed by atoms with Crippen molar-refractivity contribution >= 4 is 38.7 Å². The summed E-state index contributed by atoms with van der Waals surface area (Å²) in [5.41, 5.74) is 0.930. The van der Waals surface area contributed by atoms with Gasteiger partial charge in [-0.3, -0.25) is 4.79 Å². The molecule has 3 aromatic rings. The van der Waals surface area contributed by atoms with Gasteiger partial charge in [-0.25, -0.2) is 13.4 Å². The first-order valence-electron chi connectivity index (χ1n) is 10.5. The van der Waals surface area contributed by atoms with Crippen LogP contribution in [-0.2, 0) is 20.0 Å². The van der Waals surface area contributed by atoms with E-state index in [1.165, 1.54) is 6.26 Å². The summed E-state index contributed by atoms with van der Waals surface area (Å²) in [5.74, 6) is 0.263. The van der Waals surface area contributed by atoms with Gasteiger partial charge in [0.25, 0.3) is 5.91 Å². The van der Waals surface area contributed by atoms with Gasteiger partial charge in [0, 0.05) is 28.4 Å². The molecule has 1 amide bonds. The van der Waals surface area contributed by atoms with Crippen LogP contribution in [-0.4, -0.2) is 31.1 Å². The van der Waals surface area contributed by atoms with E-state index < -0.39 is 14.6 Å². The largest absolute Gasteiger partial charge is 0.454 e. The minimum atomic E-state index is -3.27. The maximum absolute atomic E-state index is 12.8. The van der Waals surface area contributed by atoms with Gasteiger partial charge in [0.15, 0.2) is 15.6 Å². The highest BCUT2D eigenvalue weighted by Gasteiger charge is 2.70. The molecule has 9 heteroatoms. The molecule has 4 fully saturated rings. The molecule has 1 aromatic carbocycles. The standard InChI is InChI=1S/C23H21ClN2O4S2/c1-32(28,29)23(8-9-23)18-7-6-16(30-18)19(27)26-22-11-21(12-22,13-22)20-25-10-17(31-20)14-2-4-15(24)5-3-14/h2-7,10H,8-9,11-13H2,1H3,(H,26,27). The normalized spacial score (nSPS) is 27.3. The highest BCUT2D eigenvalue weighted by Crippen LogP contribution is 2.68. The molecule has 4 aliphatic rings. The molecule has 166 valence electrons. The molecule has 2 bridgehead atoms. The van der Waals surface area contributed by atoms with E-state index in [1.54, 1.807) is 23.5 Å². The molecule has 2 aromatic heterocycles. The highest BCUT2D eigenvalue weighted by molar-refractivity contribution is 7.91. The molecule has 0 radical (unpaired) electrons. The van der Waals surface area contributed by atoms with Crippen molar-refractivity contribution in [2.75, 3.05) is 6.26 Å². The second-order valence-corrected chi connectivity index (χ2v) is 13.3. The van der Waals surface area contributed by atoms with Crippen molar-refractivity contribution in [1.29, 1.82) is 0 Å². The molecular weight excluding hydrogens is 468 g/mol. The number of nitrogens with zero attached hydrogens (tertiary/aromatic N) is 1.